The lowest BCUT2D eigenvalue weighted by molar-refractivity contribution is -0.145. The normalized spacial score (nSPS) is 10.5. The van der Waals surface area contributed by atoms with Gasteiger partial charge in [-0.1, -0.05) is 19.8 Å². The summed E-state index contributed by atoms with van der Waals surface area (Å²) >= 11 is 0. The Morgan fingerprint density at radius 2 is 1.76 bits per heavy atom. The Morgan fingerprint density at radius 1 is 1.03 bits per heavy atom. The second-order valence-electron chi connectivity index (χ2n) is 7.76. The zero-order valence-corrected chi connectivity index (χ0v) is 20.2. The van der Waals surface area contributed by atoms with E-state index in [9.17, 15) is 14.4 Å². The molecule has 34 heavy (non-hydrogen) atoms. The minimum Gasteiger partial charge on any atom is -0.482 e. The molecular formula is C25H33N3O6. The number of anilines is 2. The molecule has 1 aromatic heterocycles. The van der Waals surface area contributed by atoms with Gasteiger partial charge in [0.2, 0.25) is 0 Å². The summed E-state index contributed by atoms with van der Waals surface area (Å²) in [5, 5.41) is 2.77. The van der Waals surface area contributed by atoms with Gasteiger partial charge in [-0.3, -0.25) is 10.2 Å². The topological polar surface area (TPSA) is 107 Å². The summed E-state index contributed by atoms with van der Waals surface area (Å²) in [5.41, 5.74) is 0.985. The van der Waals surface area contributed by atoms with Crippen molar-refractivity contribution in [2.75, 3.05) is 30.0 Å². The van der Waals surface area contributed by atoms with Crippen molar-refractivity contribution in [3.05, 3.63) is 48.2 Å². The van der Waals surface area contributed by atoms with E-state index in [1.165, 1.54) is 6.20 Å². The molecule has 0 aliphatic rings. The molecule has 9 heteroatoms. The van der Waals surface area contributed by atoms with Gasteiger partial charge in [0.1, 0.15) is 11.6 Å². The summed E-state index contributed by atoms with van der Waals surface area (Å²) in [6, 6.07) is 9.68. The Kier molecular flexibility index (Phi) is 10.8. The number of benzene rings is 1. The van der Waals surface area contributed by atoms with E-state index < -0.39 is 11.9 Å². The molecule has 0 fully saturated rings. The lowest BCUT2D eigenvalue weighted by Gasteiger charge is -2.23. The molecule has 0 saturated carbocycles. The average molecular weight is 472 g/mol. The second-order valence-corrected chi connectivity index (χ2v) is 7.76. The molecule has 2 rings (SSSR count). The molecule has 0 atom stereocenters. The van der Waals surface area contributed by atoms with E-state index in [2.05, 4.69) is 17.2 Å². The molecule has 0 aliphatic carbocycles. The smallest absolute Gasteiger partial charge is 0.344 e. The number of carbonyl (C=O) groups is 3. The van der Waals surface area contributed by atoms with Gasteiger partial charge in [-0.2, -0.15) is 0 Å². The highest BCUT2D eigenvalue weighted by atomic mass is 16.6. The SMILES string of the molecule is CCCCCN(C(=O)Nc1ccc(C(=O)OC(C)C)cn1)c1ccc(OCC(=O)OCC)cc1. The quantitative estimate of drug-likeness (QED) is 0.349. The van der Waals surface area contributed by atoms with Crippen LogP contribution < -0.4 is 15.0 Å². The Labute approximate surface area is 200 Å². The maximum Gasteiger partial charge on any atom is 0.344 e. The molecule has 0 unspecified atom stereocenters. The van der Waals surface area contributed by atoms with Gasteiger partial charge in [0.25, 0.3) is 0 Å². The molecule has 1 aromatic carbocycles. The van der Waals surface area contributed by atoms with Crippen LogP contribution in [0.1, 0.15) is 57.3 Å². The number of amides is 2. The number of rotatable bonds is 12. The van der Waals surface area contributed by atoms with Crippen LogP contribution in [0.15, 0.2) is 42.6 Å². The Morgan fingerprint density at radius 3 is 2.35 bits per heavy atom. The molecule has 0 radical (unpaired) electrons. The average Bonchev–Trinajstić information content (AvgIpc) is 2.81. The summed E-state index contributed by atoms with van der Waals surface area (Å²) in [6.45, 7) is 7.99. The van der Waals surface area contributed by atoms with Crippen molar-refractivity contribution >= 4 is 29.5 Å². The van der Waals surface area contributed by atoms with Crippen LogP contribution in [0.4, 0.5) is 16.3 Å². The van der Waals surface area contributed by atoms with E-state index >= 15 is 0 Å². The third-order valence-corrected chi connectivity index (χ3v) is 4.62. The van der Waals surface area contributed by atoms with Crippen molar-refractivity contribution in [3.63, 3.8) is 0 Å². The molecule has 0 bridgehead atoms. The first-order chi connectivity index (χ1) is 16.3. The first-order valence-corrected chi connectivity index (χ1v) is 11.5. The molecule has 2 amide bonds. The van der Waals surface area contributed by atoms with Crippen LogP contribution in [0.3, 0.4) is 0 Å². The molecule has 0 spiro atoms. The van der Waals surface area contributed by atoms with Gasteiger partial charge in [0, 0.05) is 18.4 Å². The van der Waals surface area contributed by atoms with E-state index in [-0.39, 0.29) is 18.7 Å². The Bertz CT molecular complexity index is 929. The number of esters is 2. The molecule has 1 heterocycles. The fourth-order valence-electron chi connectivity index (χ4n) is 2.98. The number of nitrogens with one attached hydrogen (secondary N) is 1. The largest absolute Gasteiger partial charge is 0.482 e. The van der Waals surface area contributed by atoms with Crippen molar-refractivity contribution in [2.45, 2.75) is 53.1 Å². The Balaban J connectivity index is 2.07. The molecule has 9 nitrogen and oxygen atoms in total. The summed E-state index contributed by atoms with van der Waals surface area (Å²) in [6.07, 6.45) is 3.97. The fourth-order valence-corrected chi connectivity index (χ4v) is 2.98. The van der Waals surface area contributed by atoms with Gasteiger partial charge < -0.3 is 14.2 Å². The number of carbonyl (C=O) groups excluding carboxylic acids is 3. The molecule has 2 aromatic rings. The standard InChI is InChI=1S/C25H33N3O6/c1-5-7-8-15-28(20-10-12-21(13-11-20)33-17-23(29)32-6-2)25(31)27-22-14-9-19(16-26-22)24(30)34-18(3)4/h9-14,16,18H,5-8,15,17H2,1-4H3,(H,26,27,31). The zero-order chi connectivity index (χ0) is 24.9. The van der Waals surface area contributed by atoms with Crippen LogP contribution in [-0.4, -0.2) is 48.8 Å². The fraction of sp³-hybridized carbons (Fsp3) is 0.440. The predicted molar refractivity (Wildman–Crippen MR) is 129 cm³/mol. The lowest BCUT2D eigenvalue weighted by atomic mass is 10.2. The van der Waals surface area contributed by atoms with E-state index in [0.717, 1.165) is 19.3 Å². The zero-order valence-electron chi connectivity index (χ0n) is 20.2. The molecule has 184 valence electrons. The number of hydrogen-bond acceptors (Lipinski definition) is 7. The van der Waals surface area contributed by atoms with Crippen LogP contribution in [-0.2, 0) is 14.3 Å². The van der Waals surface area contributed by atoms with Crippen LogP contribution >= 0.6 is 0 Å². The maximum atomic E-state index is 13.0. The number of hydrogen-bond donors (Lipinski definition) is 1. The molecule has 0 saturated heterocycles. The number of unbranched alkanes of at least 4 members (excludes halogenated alkanes) is 2. The van der Waals surface area contributed by atoms with Crippen molar-refractivity contribution in [1.29, 1.82) is 0 Å². The first-order valence-electron chi connectivity index (χ1n) is 11.5. The molecule has 1 N–H and O–H groups in total. The van der Waals surface area contributed by atoms with Gasteiger partial charge in [-0.25, -0.2) is 19.4 Å². The van der Waals surface area contributed by atoms with Gasteiger partial charge in [-0.05, 0) is 63.6 Å². The molecule has 0 aliphatic heterocycles. The highest BCUT2D eigenvalue weighted by Crippen LogP contribution is 2.21. The first kappa shape index (κ1) is 26.6. The van der Waals surface area contributed by atoms with Crippen LogP contribution in [0.2, 0.25) is 0 Å². The van der Waals surface area contributed by atoms with Crippen LogP contribution in [0.25, 0.3) is 0 Å². The number of aromatic nitrogens is 1. The van der Waals surface area contributed by atoms with E-state index in [0.29, 0.717) is 36.0 Å². The van der Waals surface area contributed by atoms with Crippen molar-refractivity contribution in [3.8, 4) is 5.75 Å². The predicted octanol–water partition coefficient (Wildman–Crippen LogP) is 4.82. The second kappa shape index (κ2) is 13.8. The third-order valence-electron chi connectivity index (χ3n) is 4.62. The number of urea groups is 1. The van der Waals surface area contributed by atoms with E-state index in [1.54, 1.807) is 62.1 Å². The summed E-state index contributed by atoms with van der Waals surface area (Å²) < 4.78 is 15.4. The lowest BCUT2D eigenvalue weighted by Crippen LogP contribution is -2.36. The van der Waals surface area contributed by atoms with Gasteiger partial charge in [0.15, 0.2) is 6.61 Å². The van der Waals surface area contributed by atoms with E-state index in [1.807, 2.05) is 0 Å². The monoisotopic (exact) mass is 471 g/mol. The van der Waals surface area contributed by atoms with Gasteiger partial charge in [0.05, 0.1) is 18.3 Å². The van der Waals surface area contributed by atoms with Crippen molar-refractivity contribution in [2.24, 2.45) is 0 Å². The molecular weight excluding hydrogens is 438 g/mol. The number of nitrogens with zero attached hydrogens (tertiary/aromatic N) is 2. The van der Waals surface area contributed by atoms with E-state index in [4.69, 9.17) is 14.2 Å². The van der Waals surface area contributed by atoms with Crippen molar-refractivity contribution < 1.29 is 28.6 Å². The highest BCUT2D eigenvalue weighted by molar-refractivity contribution is 6.01. The number of ether oxygens (including phenoxy) is 3. The van der Waals surface area contributed by atoms with Crippen molar-refractivity contribution in [1.82, 2.24) is 4.98 Å². The minimum atomic E-state index is -0.466. The minimum absolute atomic E-state index is 0.180. The maximum absolute atomic E-state index is 13.0. The summed E-state index contributed by atoms with van der Waals surface area (Å²) in [7, 11) is 0. The highest BCUT2D eigenvalue weighted by Gasteiger charge is 2.17. The van der Waals surface area contributed by atoms with Crippen LogP contribution in [0.5, 0.6) is 5.75 Å². The van der Waals surface area contributed by atoms with Crippen LogP contribution in [0, 0.1) is 0 Å². The Hall–Kier alpha value is -3.62. The summed E-state index contributed by atoms with van der Waals surface area (Å²) in [4.78, 5) is 42.3. The third kappa shape index (κ3) is 8.73. The van der Waals surface area contributed by atoms with Gasteiger partial charge in [-0.15, -0.1) is 0 Å². The number of pyridine rings is 1. The summed E-state index contributed by atoms with van der Waals surface area (Å²) in [5.74, 6) is -0.0906. The van der Waals surface area contributed by atoms with Gasteiger partial charge >= 0.3 is 18.0 Å².